The van der Waals surface area contributed by atoms with Crippen molar-refractivity contribution in [1.82, 2.24) is 19.3 Å². The maximum Gasteiger partial charge on any atom is 0.265 e. The van der Waals surface area contributed by atoms with E-state index in [2.05, 4.69) is 29.4 Å². The van der Waals surface area contributed by atoms with E-state index in [1.54, 1.807) is 6.07 Å². The average molecular weight is 427 g/mol. The Morgan fingerprint density at radius 3 is 2.72 bits per heavy atom. The van der Waals surface area contributed by atoms with Gasteiger partial charge in [0.2, 0.25) is 0 Å². The third-order valence-electron chi connectivity index (χ3n) is 6.04. The minimum atomic E-state index is -0.463. The first-order valence-electron chi connectivity index (χ1n) is 10.8. The number of amides is 1. The van der Waals surface area contributed by atoms with E-state index in [-0.39, 0.29) is 0 Å². The maximum atomic E-state index is 11.9. The number of likely N-dealkylation sites (N-methyl/N-ethyl adjacent to an activating group) is 1. The Kier molecular flexibility index (Phi) is 5.11. The molecule has 0 radical (unpaired) electrons. The van der Waals surface area contributed by atoms with Gasteiger partial charge in [-0.1, -0.05) is 36.4 Å². The molecule has 0 saturated carbocycles. The van der Waals surface area contributed by atoms with Gasteiger partial charge in [-0.25, -0.2) is 9.97 Å². The lowest BCUT2D eigenvalue weighted by Gasteiger charge is -2.26. The number of nitrogens with two attached hydrogens (primary N) is 1. The Bertz CT molecular complexity index is 1310. The Hall–Kier alpha value is -3.71. The van der Waals surface area contributed by atoms with E-state index in [0.717, 1.165) is 47.7 Å². The predicted molar refractivity (Wildman–Crippen MR) is 125 cm³/mol. The molecule has 0 bridgehead atoms. The van der Waals surface area contributed by atoms with E-state index in [9.17, 15) is 4.79 Å². The first-order valence-corrected chi connectivity index (χ1v) is 10.8. The number of primary amides is 1. The van der Waals surface area contributed by atoms with Crippen molar-refractivity contribution in [3.05, 3.63) is 82.8 Å². The van der Waals surface area contributed by atoms with E-state index >= 15 is 0 Å². The predicted octanol–water partition coefficient (Wildman–Crippen LogP) is 3.40. The number of aromatic nitrogens is 3. The van der Waals surface area contributed by atoms with Gasteiger partial charge in [0.25, 0.3) is 5.91 Å². The molecule has 3 aromatic heterocycles. The summed E-state index contributed by atoms with van der Waals surface area (Å²) in [5.74, 6) is 1.08. The van der Waals surface area contributed by atoms with Crippen LogP contribution in [0.25, 0.3) is 16.9 Å². The van der Waals surface area contributed by atoms with Crippen molar-refractivity contribution in [2.24, 2.45) is 5.73 Å². The van der Waals surface area contributed by atoms with Crippen LogP contribution in [0.4, 0.5) is 5.82 Å². The smallest absolute Gasteiger partial charge is 0.265 e. The number of carbonyl (C=O) groups is 1. The fourth-order valence-electron chi connectivity index (χ4n) is 4.42. The fourth-order valence-corrected chi connectivity index (χ4v) is 4.42. The second-order valence-corrected chi connectivity index (χ2v) is 8.37. The van der Waals surface area contributed by atoms with Gasteiger partial charge in [0, 0.05) is 37.0 Å². The largest absolute Gasteiger partial charge is 0.366 e. The molecule has 0 aliphatic carbocycles. The van der Waals surface area contributed by atoms with Gasteiger partial charge in [0.1, 0.15) is 11.5 Å². The van der Waals surface area contributed by atoms with E-state index < -0.39 is 5.91 Å². The molecular formula is C25H26N6O. The van der Waals surface area contributed by atoms with Crippen LogP contribution >= 0.6 is 0 Å². The zero-order chi connectivity index (χ0) is 22.2. The standard InChI is InChI=1S/C25H26N6O/c1-16-14-31-20(9-6-10-21(31)23(26)32)22(16)25-28-19-15-30(2)12-11-18(19)24(29-25)27-13-17-7-4-3-5-8-17/h3-10,14H,11-13,15H2,1-2H3,(H2,26,32)(H,27,28,29). The van der Waals surface area contributed by atoms with Gasteiger partial charge in [-0.15, -0.1) is 0 Å². The summed E-state index contributed by atoms with van der Waals surface area (Å²) in [6, 6.07) is 15.9. The van der Waals surface area contributed by atoms with Gasteiger partial charge in [0.05, 0.1) is 11.2 Å². The minimum absolute atomic E-state index is 0.442. The number of anilines is 1. The molecule has 32 heavy (non-hydrogen) atoms. The maximum absolute atomic E-state index is 11.9. The highest BCUT2D eigenvalue weighted by Crippen LogP contribution is 2.32. The van der Waals surface area contributed by atoms with Crippen molar-refractivity contribution in [2.45, 2.75) is 26.4 Å². The van der Waals surface area contributed by atoms with Crippen LogP contribution in [0, 0.1) is 6.92 Å². The normalized spacial score (nSPS) is 13.8. The third kappa shape index (κ3) is 3.61. The summed E-state index contributed by atoms with van der Waals surface area (Å²) >= 11 is 0. The number of rotatable bonds is 5. The third-order valence-corrected chi connectivity index (χ3v) is 6.04. The summed E-state index contributed by atoms with van der Waals surface area (Å²) < 4.78 is 1.83. The highest BCUT2D eigenvalue weighted by atomic mass is 16.1. The van der Waals surface area contributed by atoms with Gasteiger partial charge >= 0.3 is 0 Å². The molecule has 1 amide bonds. The summed E-state index contributed by atoms with van der Waals surface area (Å²) in [6.07, 6.45) is 2.83. The summed E-state index contributed by atoms with van der Waals surface area (Å²) in [4.78, 5) is 24.2. The molecule has 1 aromatic carbocycles. The number of pyridine rings is 1. The number of nitrogens with zero attached hydrogens (tertiary/aromatic N) is 4. The van der Waals surface area contributed by atoms with Crippen LogP contribution in [0.2, 0.25) is 0 Å². The number of nitrogens with one attached hydrogen (secondary N) is 1. The lowest BCUT2D eigenvalue weighted by atomic mass is 10.0. The van der Waals surface area contributed by atoms with Gasteiger partial charge < -0.3 is 20.4 Å². The quantitative estimate of drug-likeness (QED) is 0.511. The SMILES string of the molecule is Cc1cn2c(C(N)=O)cccc2c1-c1nc2c(c(NCc3ccccc3)n1)CCN(C)C2. The van der Waals surface area contributed by atoms with Crippen LogP contribution in [-0.2, 0) is 19.5 Å². The molecule has 1 aliphatic rings. The second kappa shape index (κ2) is 8.09. The van der Waals surface area contributed by atoms with E-state index in [1.165, 1.54) is 11.1 Å². The van der Waals surface area contributed by atoms with Gasteiger partial charge in [-0.2, -0.15) is 0 Å². The molecule has 7 heteroatoms. The van der Waals surface area contributed by atoms with Crippen LogP contribution in [0.3, 0.4) is 0 Å². The molecule has 0 fully saturated rings. The molecule has 0 unspecified atom stereocenters. The molecule has 162 valence electrons. The molecular weight excluding hydrogens is 400 g/mol. The lowest BCUT2D eigenvalue weighted by molar-refractivity contribution is 0.0994. The monoisotopic (exact) mass is 426 g/mol. The Balaban J connectivity index is 1.63. The van der Waals surface area contributed by atoms with E-state index in [4.69, 9.17) is 15.7 Å². The van der Waals surface area contributed by atoms with Crippen LogP contribution in [0.5, 0.6) is 0 Å². The fraction of sp³-hybridized carbons (Fsp3) is 0.240. The van der Waals surface area contributed by atoms with Crippen molar-refractivity contribution >= 4 is 17.2 Å². The minimum Gasteiger partial charge on any atom is -0.366 e. The van der Waals surface area contributed by atoms with E-state index in [1.807, 2.05) is 47.9 Å². The molecule has 1 aliphatic heterocycles. The Morgan fingerprint density at radius 1 is 1.12 bits per heavy atom. The summed E-state index contributed by atoms with van der Waals surface area (Å²) in [7, 11) is 2.11. The van der Waals surface area contributed by atoms with Gasteiger partial charge in [-0.05, 0) is 43.7 Å². The molecule has 0 saturated heterocycles. The van der Waals surface area contributed by atoms with Gasteiger partial charge in [0.15, 0.2) is 5.82 Å². The molecule has 3 N–H and O–H groups in total. The zero-order valence-corrected chi connectivity index (χ0v) is 18.3. The first kappa shape index (κ1) is 20.2. The van der Waals surface area contributed by atoms with Crippen LogP contribution < -0.4 is 11.1 Å². The molecule has 7 nitrogen and oxygen atoms in total. The first-order chi connectivity index (χ1) is 15.5. The summed E-state index contributed by atoms with van der Waals surface area (Å²) in [5.41, 5.74) is 12.3. The highest BCUT2D eigenvalue weighted by Gasteiger charge is 2.23. The average Bonchev–Trinajstić information content (AvgIpc) is 3.13. The number of aryl methyl sites for hydroxylation is 1. The number of hydrogen-bond donors (Lipinski definition) is 2. The summed E-state index contributed by atoms with van der Waals surface area (Å²) in [5, 5.41) is 3.55. The summed E-state index contributed by atoms with van der Waals surface area (Å²) in [6.45, 7) is 4.47. The molecule has 5 rings (SSSR count). The van der Waals surface area contributed by atoms with Crippen LogP contribution in [-0.4, -0.2) is 38.8 Å². The second-order valence-electron chi connectivity index (χ2n) is 8.37. The molecule has 0 spiro atoms. The molecule has 4 heterocycles. The lowest BCUT2D eigenvalue weighted by Crippen LogP contribution is -2.29. The number of fused-ring (bicyclic) bond motifs is 2. The van der Waals surface area contributed by atoms with Crippen molar-refractivity contribution < 1.29 is 4.79 Å². The van der Waals surface area contributed by atoms with Crippen LogP contribution in [0.15, 0.2) is 54.7 Å². The van der Waals surface area contributed by atoms with E-state index in [0.29, 0.717) is 18.1 Å². The Labute approximate surface area is 186 Å². The zero-order valence-electron chi connectivity index (χ0n) is 18.3. The van der Waals surface area contributed by atoms with Crippen molar-refractivity contribution in [1.29, 1.82) is 0 Å². The van der Waals surface area contributed by atoms with Crippen molar-refractivity contribution in [3.63, 3.8) is 0 Å². The van der Waals surface area contributed by atoms with Crippen molar-refractivity contribution in [3.8, 4) is 11.4 Å². The number of carbonyl (C=O) groups excluding carboxylic acids is 1. The van der Waals surface area contributed by atoms with Gasteiger partial charge in [-0.3, -0.25) is 4.79 Å². The number of hydrogen-bond acceptors (Lipinski definition) is 5. The van der Waals surface area contributed by atoms with Crippen LogP contribution in [0.1, 0.15) is 32.9 Å². The molecule has 0 atom stereocenters. The topological polar surface area (TPSA) is 88.5 Å². The molecule has 4 aromatic rings. The van der Waals surface area contributed by atoms with Crippen molar-refractivity contribution in [2.75, 3.05) is 18.9 Å². The number of benzene rings is 1. The Morgan fingerprint density at radius 2 is 1.94 bits per heavy atom. The highest BCUT2D eigenvalue weighted by molar-refractivity contribution is 5.93.